The molecule has 2 aliphatic heterocycles. The van der Waals surface area contributed by atoms with E-state index < -0.39 is 0 Å². The molecular formula is C43H69N2O8+. The highest BCUT2D eigenvalue weighted by atomic mass is 16.5. The number of benzene rings is 2. The second-order valence-corrected chi connectivity index (χ2v) is 13.9. The van der Waals surface area contributed by atoms with E-state index in [9.17, 15) is 0 Å². The highest BCUT2D eigenvalue weighted by Crippen LogP contribution is 2.47. The van der Waals surface area contributed by atoms with E-state index >= 15 is 0 Å². The zero-order valence-corrected chi connectivity index (χ0v) is 33.4. The fourth-order valence-electron chi connectivity index (χ4n) is 6.60. The fraction of sp³-hybridized carbons (Fsp3) is 0.605. The molecule has 0 saturated carbocycles. The predicted octanol–water partition coefficient (Wildman–Crippen LogP) is 5.91. The molecule has 2 aromatic rings. The van der Waals surface area contributed by atoms with Crippen LogP contribution in [0.5, 0.6) is 0 Å². The average molecular weight is 742 g/mol. The molecule has 0 amide bonds. The molecule has 0 fully saturated rings. The number of para-hydroxylation sites is 2. The first-order valence-corrected chi connectivity index (χ1v) is 19.4. The lowest BCUT2D eigenvalue weighted by Crippen LogP contribution is -2.28. The Morgan fingerprint density at radius 3 is 1.70 bits per heavy atom. The Labute approximate surface area is 319 Å². The molecule has 298 valence electrons. The summed E-state index contributed by atoms with van der Waals surface area (Å²) in [6, 6.07) is 17.4. The van der Waals surface area contributed by atoms with Gasteiger partial charge in [-0.2, -0.15) is 4.58 Å². The van der Waals surface area contributed by atoms with Crippen molar-refractivity contribution in [1.82, 2.24) is 0 Å². The first-order chi connectivity index (χ1) is 25.7. The first-order valence-electron chi connectivity index (χ1n) is 19.4. The molecule has 4 N–H and O–H groups in total. The lowest BCUT2D eigenvalue weighted by Gasteiger charge is -2.27. The molecule has 2 aromatic carbocycles. The molecule has 0 unspecified atom stereocenters. The van der Waals surface area contributed by atoms with Gasteiger partial charge in [0.25, 0.3) is 0 Å². The molecule has 53 heavy (non-hydrogen) atoms. The number of aliphatic hydroxyl groups excluding tert-OH is 4. The highest BCUT2D eigenvalue weighted by molar-refractivity contribution is 6.03. The van der Waals surface area contributed by atoms with E-state index in [2.05, 4.69) is 104 Å². The van der Waals surface area contributed by atoms with Crippen molar-refractivity contribution < 1.29 is 43.9 Å². The van der Waals surface area contributed by atoms with Gasteiger partial charge in [0, 0.05) is 67.3 Å². The van der Waals surface area contributed by atoms with E-state index in [0.29, 0.717) is 39.6 Å². The van der Waals surface area contributed by atoms with Gasteiger partial charge < -0.3 is 44.3 Å². The van der Waals surface area contributed by atoms with Gasteiger partial charge >= 0.3 is 0 Å². The number of ether oxygens (including phenoxy) is 4. The summed E-state index contributed by atoms with van der Waals surface area (Å²) in [5.74, 6) is 0. The number of nitrogens with zero attached hydrogens (tertiary/aromatic N) is 2. The van der Waals surface area contributed by atoms with Crippen LogP contribution in [-0.2, 0) is 29.8 Å². The zero-order valence-electron chi connectivity index (χ0n) is 33.4. The Hall–Kier alpha value is -2.93. The van der Waals surface area contributed by atoms with Gasteiger partial charge in [-0.25, -0.2) is 0 Å². The summed E-state index contributed by atoms with van der Waals surface area (Å²) >= 11 is 0. The SMILES string of the molecule is CC1(C)C(/C=C/C=C2/N(CCCOCCO)c3ccccc3C2(C)C)=[N+](CCCOCCO)c2ccccc21.CCCOCCO.CCCOCCO. The molecular weight excluding hydrogens is 672 g/mol. The molecule has 0 aliphatic carbocycles. The smallest absolute Gasteiger partial charge is 0.209 e. The molecule has 0 atom stereocenters. The normalized spacial score (nSPS) is 16.0. The van der Waals surface area contributed by atoms with E-state index in [1.54, 1.807) is 0 Å². The summed E-state index contributed by atoms with van der Waals surface area (Å²) in [5.41, 5.74) is 7.52. The van der Waals surface area contributed by atoms with Crippen LogP contribution >= 0.6 is 0 Å². The monoisotopic (exact) mass is 742 g/mol. The van der Waals surface area contributed by atoms with Crippen LogP contribution in [0.3, 0.4) is 0 Å². The highest BCUT2D eigenvalue weighted by Gasteiger charge is 2.44. The van der Waals surface area contributed by atoms with Crippen LogP contribution in [0.1, 0.15) is 78.4 Å². The maximum Gasteiger partial charge on any atom is 0.209 e. The largest absolute Gasteiger partial charge is 0.394 e. The summed E-state index contributed by atoms with van der Waals surface area (Å²) in [5, 5.41) is 34.4. The van der Waals surface area contributed by atoms with Gasteiger partial charge in [-0.3, -0.25) is 0 Å². The number of allylic oxidation sites excluding steroid dienone is 4. The Morgan fingerprint density at radius 2 is 1.13 bits per heavy atom. The number of hydrogen-bond acceptors (Lipinski definition) is 9. The molecule has 2 aliphatic rings. The minimum absolute atomic E-state index is 0.0568. The molecule has 0 spiro atoms. The minimum atomic E-state index is -0.116. The molecule has 0 radical (unpaired) electrons. The van der Waals surface area contributed by atoms with Crippen LogP contribution in [-0.4, -0.2) is 123 Å². The van der Waals surface area contributed by atoms with Crippen LogP contribution < -0.4 is 4.90 Å². The van der Waals surface area contributed by atoms with E-state index in [-0.39, 0.29) is 37.3 Å². The third-order valence-corrected chi connectivity index (χ3v) is 9.09. The standard InChI is InChI=1S/C33H45N2O4.2C5H12O2/c1-32(2)26-12-5-7-14-28(26)34(18-10-22-38-24-20-36)30(32)16-9-17-31-33(3,4)27-13-6-8-15-29(27)35(31)19-11-23-39-25-21-37;2*1-2-4-7-5-3-6/h5-9,12-17,36-37H,10-11,18-25H2,1-4H3;2*6H,2-5H2,1H3/q+1;;. The van der Waals surface area contributed by atoms with Gasteiger partial charge in [-0.05, 0) is 50.8 Å². The van der Waals surface area contributed by atoms with Gasteiger partial charge in [0.1, 0.15) is 0 Å². The average Bonchev–Trinajstić information content (AvgIpc) is 3.51. The summed E-state index contributed by atoms with van der Waals surface area (Å²) in [4.78, 5) is 2.43. The second-order valence-electron chi connectivity index (χ2n) is 13.9. The van der Waals surface area contributed by atoms with Crippen LogP contribution in [0.15, 0.2) is 72.5 Å². The van der Waals surface area contributed by atoms with Crippen LogP contribution in [0.25, 0.3) is 0 Å². The third kappa shape index (κ3) is 14.3. The van der Waals surface area contributed by atoms with Gasteiger partial charge in [-0.15, -0.1) is 0 Å². The van der Waals surface area contributed by atoms with Crippen molar-refractivity contribution in [2.24, 2.45) is 0 Å². The van der Waals surface area contributed by atoms with Crippen molar-refractivity contribution in [2.45, 2.75) is 78.1 Å². The summed E-state index contributed by atoms with van der Waals surface area (Å²) in [6.45, 7) is 19.9. The van der Waals surface area contributed by atoms with Crippen LogP contribution in [0, 0.1) is 0 Å². The molecule has 0 saturated heterocycles. The second kappa shape index (κ2) is 26.0. The Bertz CT molecular complexity index is 1370. The van der Waals surface area contributed by atoms with Crippen molar-refractivity contribution in [3.63, 3.8) is 0 Å². The molecule has 10 heteroatoms. The van der Waals surface area contributed by atoms with Crippen molar-refractivity contribution in [3.8, 4) is 0 Å². The van der Waals surface area contributed by atoms with E-state index in [1.807, 2.05) is 13.8 Å². The van der Waals surface area contributed by atoms with Crippen molar-refractivity contribution in [2.75, 3.05) is 97.3 Å². The maximum absolute atomic E-state index is 9.03. The Balaban J connectivity index is 0.000000587. The number of hydrogen-bond donors (Lipinski definition) is 4. The Morgan fingerprint density at radius 1 is 0.623 bits per heavy atom. The maximum atomic E-state index is 9.03. The van der Waals surface area contributed by atoms with Gasteiger partial charge in [0.2, 0.25) is 5.69 Å². The summed E-state index contributed by atoms with van der Waals surface area (Å²) in [7, 11) is 0. The summed E-state index contributed by atoms with van der Waals surface area (Å²) in [6.07, 6.45) is 10.6. The minimum Gasteiger partial charge on any atom is -0.394 e. The van der Waals surface area contributed by atoms with Gasteiger partial charge in [0.15, 0.2) is 12.3 Å². The number of aliphatic hydroxyl groups is 4. The van der Waals surface area contributed by atoms with Gasteiger partial charge in [-0.1, -0.05) is 70.2 Å². The van der Waals surface area contributed by atoms with Gasteiger partial charge in [0.05, 0.1) is 64.9 Å². The first kappa shape index (κ1) is 46.2. The Kier molecular flexibility index (Phi) is 22.7. The van der Waals surface area contributed by atoms with Crippen molar-refractivity contribution in [1.29, 1.82) is 0 Å². The van der Waals surface area contributed by atoms with Crippen LogP contribution in [0.4, 0.5) is 11.4 Å². The lowest BCUT2D eigenvalue weighted by molar-refractivity contribution is -0.439. The number of fused-ring (bicyclic) bond motifs is 2. The van der Waals surface area contributed by atoms with E-state index in [0.717, 1.165) is 52.0 Å². The third-order valence-electron chi connectivity index (χ3n) is 9.09. The zero-order chi connectivity index (χ0) is 39.0. The van der Waals surface area contributed by atoms with Crippen molar-refractivity contribution >= 4 is 17.1 Å². The number of rotatable bonds is 22. The van der Waals surface area contributed by atoms with E-state index in [1.165, 1.54) is 33.9 Å². The molecule has 0 bridgehead atoms. The van der Waals surface area contributed by atoms with Crippen LogP contribution in [0.2, 0.25) is 0 Å². The topological polar surface area (TPSA) is 124 Å². The molecule has 10 nitrogen and oxygen atoms in total. The van der Waals surface area contributed by atoms with E-state index in [4.69, 9.17) is 39.4 Å². The predicted molar refractivity (Wildman–Crippen MR) is 215 cm³/mol. The molecule has 4 rings (SSSR count). The quantitative estimate of drug-likeness (QED) is 0.0862. The molecule has 2 heterocycles. The number of anilines is 1. The molecule has 0 aromatic heterocycles. The summed E-state index contributed by atoms with van der Waals surface area (Å²) < 4.78 is 23.3. The lowest BCUT2D eigenvalue weighted by atomic mass is 9.81. The fourth-order valence-corrected chi connectivity index (χ4v) is 6.60. The van der Waals surface area contributed by atoms with Crippen molar-refractivity contribution in [3.05, 3.63) is 83.6 Å².